The maximum atomic E-state index is 12.9. The fraction of sp³-hybridized carbons (Fsp3) is 0.625. The smallest absolute Gasteiger partial charge is 0.408 e. The standard InChI is InChI=1S/C24H35N3O5/c1-16(2)12-20(22(30)26-19(15-28)13-18-8-11-25-21(18)29)27-23(31)32-24(9-10-24)14-17-6-4-3-5-7-17/h3-7,16,18-20,28H,8-15H2,1-2H3,(H,25,29)(H,26,30)(H,27,31)/t18-,19-,20-/m0/s1. The van der Waals surface area contributed by atoms with E-state index in [2.05, 4.69) is 16.0 Å². The quantitative estimate of drug-likeness (QED) is 0.415. The average molecular weight is 446 g/mol. The maximum Gasteiger partial charge on any atom is 0.408 e. The van der Waals surface area contributed by atoms with Gasteiger partial charge in [-0.2, -0.15) is 0 Å². The predicted octanol–water partition coefficient (Wildman–Crippen LogP) is 1.91. The van der Waals surface area contributed by atoms with E-state index in [0.717, 1.165) is 18.4 Å². The van der Waals surface area contributed by atoms with E-state index >= 15 is 0 Å². The number of ether oxygens (including phenoxy) is 1. The first-order valence-corrected chi connectivity index (χ1v) is 11.5. The van der Waals surface area contributed by atoms with Gasteiger partial charge in [0.2, 0.25) is 11.8 Å². The SMILES string of the molecule is CC(C)C[C@H](NC(=O)OC1(Cc2ccccc2)CC1)C(=O)N[C@H](CO)C[C@@H]1CCNC1=O. The lowest BCUT2D eigenvalue weighted by atomic mass is 9.97. The minimum atomic E-state index is -0.776. The molecule has 1 aliphatic carbocycles. The monoisotopic (exact) mass is 445 g/mol. The van der Waals surface area contributed by atoms with E-state index in [9.17, 15) is 19.5 Å². The summed E-state index contributed by atoms with van der Waals surface area (Å²) in [5.74, 6) is -0.479. The van der Waals surface area contributed by atoms with Gasteiger partial charge in [0.25, 0.3) is 0 Å². The van der Waals surface area contributed by atoms with Crippen molar-refractivity contribution in [3.8, 4) is 0 Å². The summed E-state index contributed by atoms with van der Waals surface area (Å²) in [5, 5.41) is 18.0. The molecule has 4 N–H and O–H groups in total. The van der Waals surface area contributed by atoms with Gasteiger partial charge in [-0.15, -0.1) is 0 Å². The van der Waals surface area contributed by atoms with Crippen LogP contribution in [0.15, 0.2) is 30.3 Å². The van der Waals surface area contributed by atoms with E-state index in [1.807, 2.05) is 44.2 Å². The fourth-order valence-corrected chi connectivity index (χ4v) is 4.19. The van der Waals surface area contributed by atoms with Gasteiger partial charge in [0.15, 0.2) is 0 Å². The molecule has 0 aromatic heterocycles. The number of alkyl carbamates (subject to hydrolysis) is 1. The Hall–Kier alpha value is -2.61. The molecule has 2 aliphatic rings. The molecule has 1 saturated carbocycles. The van der Waals surface area contributed by atoms with Gasteiger partial charge in [-0.05, 0) is 43.6 Å². The molecule has 1 aromatic carbocycles. The largest absolute Gasteiger partial charge is 0.443 e. The summed E-state index contributed by atoms with van der Waals surface area (Å²) in [7, 11) is 0. The second kappa shape index (κ2) is 10.8. The molecule has 3 rings (SSSR count). The van der Waals surface area contributed by atoms with E-state index in [1.54, 1.807) is 0 Å². The van der Waals surface area contributed by atoms with E-state index < -0.39 is 23.8 Å². The number of amides is 3. The second-order valence-corrected chi connectivity index (χ2v) is 9.46. The predicted molar refractivity (Wildman–Crippen MR) is 120 cm³/mol. The third-order valence-corrected chi connectivity index (χ3v) is 6.10. The van der Waals surface area contributed by atoms with Crippen molar-refractivity contribution in [2.75, 3.05) is 13.2 Å². The number of aliphatic hydroxyl groups excluding tert-OH is 1. The minimum Gasteiger partial charge on any atom is -0.443 e. The van der Waals surface area contributed by atoms with Crippen molar-refractivity contribution in [3.63, 3.8) is 0 Å². The fourth-order valence-electron chi connectivity index (χ4n) is 4.19. The highest BCUT2D eigenvalue weighted by Crippen LogP contribution is 2.42. The molecular formula is C24H35N3O5. The maximum absolute atomic E-state index is 12.9. The minimum absolute atomic E-state index is 0.0497. The molecule has 0 bridgehead atoms. The average Bonchev–Trinajstić information content (AvgIpc) is 3.37. The molecule has 8 heteroatoms. The van der Waals surface area contributed by atoms with Crippen molar-refractivity contribution in [1.29, 1.82) is 0 Å². The van der Waals surface area contributed by atoms with Crippen LogP contribution in [-0.4, -0.2) is 53.9 Å². The molecule has 3 atom stereocenters. The number of carbonyl (C=O) groups is 3. The highest BCUT2D eigenvalue weighted by Gasteiger charge is 2.47. The summed E-state index contributed by atoms with van der Waals surface area (Å²) < 4.78 is 5.74. The molecule has 8 nitrogen and oxygen atoms in total. The number of aliphatic hydroxyl groups is 1. The Morgan fingerprint density at radius 2 is 1.94 bits per heavy atom. The highest BCUT2D eigenvalue weighted by molar-refractivity contribution is 5.86. The van der Waals surface area contributed by atoms with Crippen molar-refractivity contribution >= 4 is 17.9 Å². The first-order chi connectivity index (χ1) is 15.3. The van der Waals surface area contributed by atoms with Crippen LogP contribution in [0.2, 0.25) is 0 Å². The van der Waals surface area contributed by atoms with Gasteiger partial charge in [0.1, 0.15) is 11.6 Å². The molecule has 0 spiro atoms. The zero-order valence-corrected chi connectivity index (χ0v) is 18.9. The first-order valence-electron chi connectivity index (χ1n) is 11.5. The molecule has 32 heavy (non-hydrogen) atoms. The molecular weight excluding hydrogens is 410 g/mol. The Balaban J connectivity index is 1.55. The van der Waals surface area contributed by atoms with E-state index in [-0.39, 0.29) is 30.3 Å². The van der Waals surface area contributed by atoms with Crippen LogP contribution < -0.4 is 16.0 Å². The number of nitrogens with one attached hydrogen (secondary N) is 3. The van der Waals surface area contributed by atoms with Gasteiger partial charge >= 0.3 is 6.09 Å². The van der Waals surface area contributed by atoms with Gasteiger partial charge in [-0.3, -0.25) is 9.59 Å². The molecule has 2 fully saturated rings. The lowest BCUT2D eigenvalue weighted by Crippen LogP contribution is -2.52. The summed E-state index contributed by atoms with van der Waals surface area (Å²) in [5.41, 5.74) is 0.601. The van der Waals surface area contributed by atoms with Crippen LogP contribution >= 0.6 is 0 Å². The van der Waals surface area contributed by atoms with E-state index in [4.69, 9.17) is 4.74 Å². The molecule has 0 radical (unpaired) electrons. The van der Waals surface area contributed by atoms with Gasteiger partial charge in [0, 0.05) is 18.9 Å². The first kappa shape index (κ1) is 24.0. The molecule has 3 amide bonds. The molecule has 1 heterocycles. The molecule has 176 valence electrons. The Morgan fingerprint density at radius 1 is 1.22 bits per heavy atom. The van der Waals surface area contributed by atoms with Crippen LogP contribution in [-0.2, 0) is 20.7 Å². The van der Waals surface area contributed by atoms with Crippen molar-refractivity contribution < 1.29 is 24.2 Å². The highest BCUT2D eigenvalue weighted by atomic mass is 16.6. The van der Waals surface area contributed by atoms with Gasteiger partial charge in [-0.25, -0.2) is 4.79 Å². The molecule has 0 unspecified atom stereocenters. The van der Waals surface area contributed by atoms with Crippen molar-refractivity contribution in [2.45, 2.75) is 70.1 Å². The summed E-state index contributed by atoms with van der Waals surface area (Å²) in [6.45, 7) is 4.28. The lowest BCUT2D eigenvalue weighted by molar-refractivity contribution is -0.126. The van der Waals surface area contributed by atoms with E-state index in [1.165, 1.54) is 0 Å². The third kappa shape index (κ3) is 6.95. The van der Waals surface area contributed by atoms with Crippen LogP contribution in [0.5, 0.6) is 0 Å². The lowest BCUT2D eigenvalue weighted by Gasteiger charge is -2.25. The Morgan fingerprint density at radius 3 is 2.50 bits per heavy atom. The molecule has 1 aliphatic heterocycles. The number of carbonyl (C=O) groups excluding carboxylic acids is 3. The molecule has 1 aromatic rings. The summed E-state index contributed by atoms with van der Waals surface area (Å²) in [6, 6.07) is 8.57. The van der Waals surface area contributed by atoms with Crippen LogP contribution in [0.4, 0.5) is 4.79 Å². The van der Waals surface area contributed by atoms with Crippen molar-refractivity contribution in [2.24, 2.45) is 11.8 Å². The van der Waals surface area contributed by atoms with Gasteiger partial charge in [0.05, 0.1) is 12.6 Å². The summed E-state index contributed by atoms with van der Waals surface area (Å²) in [6.07, 6.45) is 3.14. The zero-order chi connectivity index (χ0) is 23.1. The van der Waals surface area contributed by atoms with Gasteiger partial charge in [-0.1, -0.05) is 44.2 Å². The molecule has 1 saturated heterocycles. The van der Waals surface area contributed by atoms with Crippen LogP contribution in [0.1, 0.15) is 51.5 Å². The Bertz CT molecular complexity index is 794. The van der Waals surface area contributed by atoms with Gasteiger partial charge < -0.3 is 25.8 Å². The third-order valence-electron chi connectivity index (χ3n) is 6.10. The Labute approximate surface area is 189 Å². The normalized spacial score (nSPS) is 20.9. The van der Waals surface area contributed by atoms with E-state index in [0.29, 0.717) is 32.2 Å². The van der Waals surface area contributed by atoms with Crippen molar-refractivity contribution in [1.82, 2.24) is 16.0 Å². The van der Waals surface area contributed by atoms with Crippen LogP contribution in [0.25, 0.3) is 0 Å². The Kier molecular flexibility index (Phi) is 8.12. The van der Waals surface area contributed by atoms with Crippen molar-refractivity contribution in [3.05, 3.63) is 35.9 Å². The number of benzene rings is 1. The second-order valence-electron chi connectivity index (χ2n) is 9.46. The van der Waals surface area contributed by atoms with Crippen LogP contribution in [0.3, 0.4) is 0 Å². The number of rotatable bonds is 11. The number of hydrogen-bond acceptors (Lipinski definition) is 5. The zero-order valence-electron chi connectivity index (χ0n) is 18.9. The van der Waals surface area contributed by atoms with Crippen LogP contribution in [0, 0.1) is 11.8 Å². The summed E-state index contributed by atoms with van der Waals surface area (Å²) in [4.78, 5) is 37.4. The number of hydrogen-bond donors (Lipinski definition) is 4. The summed E-state index contributed by atoms with van der Waals surface area (Å²) >= 11 is 0. The topological polar surface area (TPSA) is 117 Å².